The molecule has 0 radical (unpaired) electrons. The van der Waals surface area contributed by atoms with Crippen LogP contribution in [0.15, 0.2) is 22.8 Å². The number of carbonyl (C=O) groups is 1. The smallest absolute Gasteiger partial charge is 0.234 e. The summed E-state index contributed by atoms with van der Waals surface area (Å²) in [5.41, 5.74) is 6.21. The number of hydrogen-bond donors (Lipinski definition) is 1. The van der Waals surface area contributed by atoms with Crippen LogP contribution < -0.4 is 5.73 Å². The highest BCUT2D eigenvalue weighted by Crippen LogP contribution is 2.22. The Morgan fingerprint density at radius 3 is 3.07 bits per heavy atom. The molecule has 1 aliphatic heterocycles. The second-order valence-corrected chi connectivity index (χ2v) is 4.46. The molecule has 1 aromatic heterocycles. The largest absolute Gasteiger partial charge is 0.368 e. The number of primary amides is 1. The first kappa shape index (κ1) is 10.6. The van der Waals surface area contributed by atoms with E-state index in [0.717, 1.165) is 23.1 Å². The van der Waals surface area contributed by atoms with E-state index >= 15 is 0 Å². The third kappa shape index (κ3) is 2.18. The van der Waals surface area contributed by atoms with Crippen LogP contribution in [0.2, 0.25) is 0 Å². The average Bonchev–Trinajstić information content (AvgIpc) is 2.13. The molecule has 0 aliphatic carbocycles. The van der Waals surface area contributed by atoms with E-state index in [0.29, 0.717) is 6.54 Å². The van der Waals surface area contributed by atoms with Crippen molar-refractivity contribution < 1.29 is 4.79 Å². The Hall–Kier alpha value is -0.940. The minimum absolute atomic E-state index is 0.112. The first-order valence-electron chi connectivity index (χ1n) is 4.81. The summed E-state index contributed by atoms with van der Waals surface area (Å²) in [4.78, 5) is 17.3. The van der Waals surface area contributed by atoms with Gasteiger partial charge in [0, 0.05) is 23.8 Å². The summed E-state index contributed by atoms with van der Waals surface area (Å²) in [6.45, 7) is 1.59. The van der Waals surface area contributed by atoms with Gasteiger partial charge in [-0.25, -0.2) is 0 Å². The summed E-state index contributed by atoms with van der Waals surface area (Å²) in [5.74, 6) is -0.242. The number of amides is 1. The van der Waals surface area contributed by atoms with Crippen molar-refractivity contribution in [1.29, 1.82) is 0 Å². The van der Waals surface area contributed by atoms with E-state index in [9.17, 15) is 4.79 Å². The van der Waals surface area contributed by atoms with E-state index in [1.54, 1.807) is 6.20 Å². The molecular formula is C10H12BrN3O. The van der Waals surface area contributed by atoms with E-state index in [-0.39, 0.29) is 11.9 Å². The molecule has 1 unspecified atom stereocenters. The van der Waals surface area contributed by atoms with Crippen LogP contribution in [-0.2, 0) is 11.3 Å². The molecule has 1 fully saturated rings. The van der Waals surface area contributed by atoms with Crippen LogP contribution in [0, 0.1) is 0 Å². The maximum atomic E-state index is 11.0. The molecule has 1 atom stereocenters. The van der Waals surface area contributed by atoms with Crippen molar-refractivity contribution in [3.8, 4) is 0 Å². The molecule has 80 valence electrons. The van der Waals surface area contributed by atoms with Gasteiger partial charge >= 0.3 is 0 Å². The normalized spacial score (nSPS) is 21.0. The standard InChI is InChI=1S/C10H12BrN3O/c11-7-2-1-4-13-8(7)6-14-5-3-9(14)10(12)15/h1-2,4,9H,3,5-6H2,(H2,12,15). The number of nitrogens with two attached hydrogens (primary N) is 1. The number of pyridine rings is 1. The summed E-state index contributed by atoms with van der Waals surface area (Å²) < 4.78 is 0.972. The Morgan fingerprint density at radius 2 is 2.53 bits per heavy atom. The van der Waals surface area contributed by atoms with Crippen LogP contribution >= 0.6 is 15.9 Å². The zero-order valence-corrected chi connectivity index (χ0v) is 9.77. The predicted octanol–water partition coefficient (Wildman–Crippen LogP) is 0.904. The van der Waals surface area contributed by atoms with Crippen molar-refractivity contribution in [2.75, 3.05) is 6.54 Å². The lowest BCUT2D eigenvalue weighted by Gasteiger charge is -2.38. The number of halogens is 1. The number of likely N-dealkylation sites (tertiary alicyclic amines) is 1. The van der Waals surface area contributed by atoms with E-state index in [2.05, 4.69) is 20.9 Å². The lowest BCUT2D eigenvalue weighted by atomic mass is 10.0. The molecule has 15 heavy (non-hydrogen) atoms. The number of nitrogens with zero attached hydrogens (tertiary/aromatic N) is 2. The topological polar surface area (TPSA) is 59.2 Å². The molecule has 1 aliphatic rings. The van der Waals surface area contributed by atoms with Gasteiger partial charge in [0.15, 0.2) is 0 Å². The molecule has 4 nitrogen and oxygen atoms in total. The van der Waals surface area contributed by atoms with Gasteiger partial charge in [-0.1, -0.05) is 0 Å². The van der Waals surface area contributed by atoms with Gasteiger partial charge in [0.2, 0.25) is 5.91 Å². The first-order valence-corrected chi connectivity index (χ1v) is 5.60. The number of hydrogen-bond acceptors (Lipinski definition) is 3. The molecular weight excluding hydrogens is 258 g/mol. The number of aromatic nitrogens is 1. The zero-order chi connectivity index (χ0) is 10.8. The number of carbonyl (C=O) groups excluding carboxylic acids is 1. The van der Waals surface area contributed by atoms with Crippen LogP contribution in [-0.4, -0.2) is 28.4 Å². The Balaban J connectivity index is 2.04. The van der Waals surface area contributed by atoms with E-state index in [1.165, 1.54) is 0 Å². The predicted molar refractivity (Wildman–Crippen MR) is 59.9 cm³/mol. The lowest BCUT2D eigenvalue weighted by molar-refractivity contribution is -0.127. The summed E-state index contributed by atoms with van der Waals surface area (Å²) in [5, 5.41) is 0. The molecule has 1 aromatic rings. The Morgan fingerprint density at radius 1 is 1.73 bits per heavy atom. The fourth-order valence-corrected chi connectivity index (χ4v) is 2.06. The molecule has 2 heterocycles. The minimum atomic E-state index is -0.242. The molecule has 0 spiro atoms. The van der Waals surface area contributed by atoms with E-state index < -0.39 is 0 Å². The van der Waals surface area contributed by atoms with Crippen molar-refractivity contribution in [1.82, 2.24) is 9.88 Å². The van der Waals surface area contributed by atoms with Crippen LogP contribution in [0.4, 0.5) is 0 Å². The highest BCUT2D eigenvalue weighted by molar-refractivity contribution is 9.10. The lowest BCUT2D eigenvalue weighted by Crippen LogP contribution is -2.54. The monoisotopic (exact) mass is 269 g/mol. The molecule has 0 aromatic carbocycles. The molecule has 1 amide bonds. The molecule has 5 heteroatoms. The summed E-state index contributed by atoms with van der Waals surface area (Å²) >= 11 is 3.43. The second kappa shape index (κ2) is 4.28. The van der Waals surface area contributed by atoms with Crippen molar-refractivity contribution in [3.63, 3.8) is 0 Å². The van der Waals surface area contributed by atoms with Gasteiger partial charge in [0.05, 0.1) is 11.7 Å². The van der Waals surface area contributed by atoms with Gasteiger partial charge in [-0.05, 0) is 34.5 Å². The molecule has 2 N–H and O–H groups in total. The first-order chi connectivity index (χ1) is 7.18. The van der Waals surface area contributed by atoms with Crippen LogP contribution in [0.3, 0.4) is 0 Å². The quantitative estimate of drug-likeness (QED) is 0.887. The summed E-state index contributed by atoms with van der Waals surface area (Å²) in [6, 6.07) is 3.70. The summed E-state index contributed by atoms with van der Waals surface area (Å²) in [6.07, 6.45) is 2.61. The average molecular weight is 270 g/mol. The Labute approximate surface area is 96.6 Å². The van der Waals surface area contributed by atoms with Gasteiger partial charge in [0.25, 0.3) is 0 Å². The SMILES string of the molecule is NC(=O)C1CCN1Cc1ncccc1Br. The minimum Gasteiger partial charge on any atom is -0.368 e. The zero-order valence-electron chi connectivity index (χ0n) is 8.19. The van der Waals surface area contributed by atoms with Gasteiger partial charge in [-0.2, -0.15) is 0 Å². The van der Waals surface area contributed by atoms with Gasteiger partial charge in [-0.3, -0.25) is 14.7 Å². The van der Waals surface area contributed by atoms with Crippen LogP contribution in [0.5, 0.6) is 0 Å². The molecule has 1 saturated heterocycles. The maximum absolute atomic E-state index is 11.0. The fraction of sp³-hybridized carbons (Fsp3) is 0.400. The molecule has 0 saturated carbocycles. The highest BCUT2D eigenvalue weighted by Gasteiger charge is 2.32. The third-order valence-electron chi connectivity index (χ3n) is 2.65. The maximum Gasteiger partial charge on any atom is 0.234 e. The number of rotatable bonds is 3. The van der Waals surface area contributed by atoms with Crippen molar-refractivity contribution in [2.24, 2.45) is 5.73 Å². The van der Waals surface area contributed by atoms with Gasteiger partial charge in [0.1, 0.15) is 0 Å². The van der Waals surface area contributed by atoms with Crippen LogP contribution in [0.1, 0.15) is 12.1 Å². The second-order valence-electron chi connectivity index (χ2n) is 3.61. The van der Waals surface area contributed by atoms with E-state index in [4.69, 9.17) is 5.73 Å². The van der Waals surface area contributed by atoms with Crippen molar-refractivity contribution in [3.05, 3.63) is 28.5 Å². The van der Waals surface area contributed by atoms with Crippen LogP contribution in [0.25, 0.3) is 0 Å². The van der Waals surface area contributed by atoms with Crippen molar-refractivity contribution >= 4 is 21.8 Å². The van der Waals surface area contributed by atoms with Crippen molar-refractivity contribution in [2.45, 2.75) is 19.0 Å². The fourth-order valence-electron chi connectivity index (χ4n) is 1.68. The van der Waals surface area contributed by atoms with E-state index in [1.807, 2.05) is 17.0 Å². The van der Waals surface area contributed by atoms with Gasteiger partial charge in [-0.15, -0.1) is 0 Å². The van der Waals surface area contributed by atoms with Gasteiger partial charge < -0.3 is 5.73 Å². The Bertz CT molecular complexity index is 383. The molecule has 2 rings (SSSR count). The molecule has 0 bridgehead atoms. The Kier molecular flexibility index (Phi) is 3.02. The third-order valence-corrected chi connectivity index (χ3v) is 3.37. The summed E-state index contributed by atoms with van der Waals surface area (Å²) in [7, 11) is 0. The highest BCUT2D eigenvalue weighted by atomic mass is 79.9.